The lowest BCUT2D eigenvalue weighted by Gasteiger charge is -2.27. The van der Waals surface area contributed by atoms with E-state index in [-0.39, 0.29) is 23.9 Å². The number of rotatable bonds is 10. The molecule has 10 heteroatoms. The first-order chi connectivity index (χ1) is 21.4. The van der Waals surface area contributed by atoms with Crippen LogP contribution in [0, 0.1) is 5.82 Å². The van der Waals surface area contributed by atoms with Crippen LogP contribution in [0.2, 0.25) is 0 Å². The highest BCUT2D eigenvalue weighted by Gasteiger charge is 2.20. The van der Waals surface area contributed by atoms with E-state index in [1.165, 1.54) is 12.1 Å². The Labute approximate surface area is 254 Å². The summed E-state index contributed by atoms with van der Waals surface area (Å²) in [6.45, 7) is 5.28. The van der Waals surface area contributed by atoms with Crippen LogP contribution in [-0.4, -0.2) is 64.0 Å². The van der Waals surface area contributed by atoms with E-state index in [0.717, 1.165) is 35.3 Å². The molecule has 5 aromatic rings. The van der Waals surface area contributed by atoms with Crippen molar-refractivity contribution in [2.75, 3.05) is 38.1 Å². The second-order valence-corrected chi connectivity index (χ2v) is 10.7. The summed E-state index contributed by atoms with van der Waals surface area (Å²) in [4.78, 5) is 32.0. The normalized spacial score (nSPS) is 13.2. The quantitative estimate of drug-likeness (QED) is 0.233. The van der Waals surface area contributed by atoms with Crippen LogP contribution in [0.15, 0.2) is 85.1 Å². The molecule has 1 fully saturated rings. The fourth-order valence-electron chi connectivity index (χ4n) is 5.25. The number of nitrogens with one attached hydrogen (secondary N) is 2. The van der Waals surface area contributed by atoms with Crippen molar-refractivity contribution in [3.8, 4) is 16.9 Å². The molecule has 224 valence electrons. The predicted molar refractivity (Wildman–Crippen MR) is 167 cm³/mol. The van der Waals surface area contributed by atoms with E-state index >= 15 is 0 Å². The number of anilines is 2. The second kappa shape index (κ2) is 13.0. The van der Waals surface area contributed by atoms with Gasteiger partial charge in [0.1, 0.15) is 17.3 Å². The van der Waals surface area contributed by atoms with Gasteiger partial charge in [0.25, 0.3) is 5.91 Å². The summed E-state index contributed by atoms with van der Waals surface area (Å²) in [6.07, 6.45) is 2.48. The Morgan fingerprint density at radius 2 is 1.59 bits per heavy atom. The molecule has 44 heavy (non-hydrogen) atoms. The molecule has 0 unspecified atom stereocenters. The van der Waals surface area contributed by atoms with Gasteiger partial charge in [-0.25, -0.2) is 8.91 Å². The van der Waals surface area contributed by atoms with E-state index in [1.54, 1.807) is 28.8 Å². The lowest BCUT2D eigenvalue weighted by atomic mass is 10.0. The Morgan fingerprint density at radius 3 is 2.30 bits per heavy atom. The van der Waals surface area contributed by atoms with Crippen molar-refractivity contribution in [3.05, 3.63) is 108 Å². The maximum atomic E-state index is 13.1. The first kappa shape index (κ1) is 29.0. The van der Waals surface area contributed by atoms with Crippen molar-refractivity contribution in [3.63, 3.8) is 0 Å². The number of carbonyl (C=O) groups excluding carboxylic acids is 2. The maximum Gasteiger partial charge on any atom is 0.254 e. The highest BCUT2D eigenvalue weighted by atomic mass is 19.1. The first-order valence-electron chi connectivity index (χ1n) is 14.7. The smallest absolute Gasteiger partial charge is 0.254 e. The third kappa shape index (κ3) is 6.76. The van der Waals surface area contributed by atoms with Crippen molar-refractivity contribution < 1.29 is 18.7 Å². The molecule has 0 aliphatic carbocycles. The number of carbonyl (C=O) groups is 2. The zero-order chi connectivity index (χ0) is 30.5. The summed E-state index contributed by atoms with van der Waals surface area (Å²) in [5, 5.41) is 11.1. The Kier molecular flexibility index (Phi) is 8.60. The van der Waals surface area contributed by atoms with E-state index in [9.17, 15) is 14.0 Å². The van der Waals surface area contributed by atoms with Crippen molar-refractivity contribution >= 4 is 29.0 Å². The lowest BCUT2D eigenvalue weighted by molar-refractivity contribution is -0.117. The average Bonchev–Trinajstić information content (AvgIpc) is 3.45. The molecule has 0 saturated carbocycles. The largest absolute Gasteiger partial charge is 0.492 e. The molecule has 0 bridgehead atoms. The lowest BCUT2D eigenvalue weighted by Crippen LogP contribution is -2.46. The minimum Gasteiger partial charge on any atom is -0.492 e. The zero-order valence-electron chi connectivity index (χ0n) is 24.4. The fourth-order valence-corrected chi connectivity index (χ4v) is 5.25. The maximum absolute atomic E-state index is 13.1. The van der Waals surface area contributed by atoms with Gasteiger partial charge in [0.05, 0.1) is 12.3 Å². The van der Waals surface area contributed by atoms with E-state index in [4.69, 9.17) is 4.74 Å². The van der Waals surface area contributed by atoms with Crippen LogP contribution in [0.25, 0.3) is 16.8 Å². The number of fused-ring (bicyclic) bond motifs is 1. The third-order valence-corrected chi connectivity index (χ3v) is 7.51. The molecule has 3 aromatic carbocycles. The summed E-state index contributed by atoms with van der Waals surface area (Å²) in [5.74, 6) is 0.710. The molecule has 0 atom stereocenters. The Bertz CT molecular complexity index is 1780. The Balaban J connectivity index is 1.14. The van der Waals surface area contributed by atoms with Gasteiger partial charge in [-0.1, -0.05) is 36.4 Å². The number of benzene rings is 3. The molecule has 2 N–H and O–H groups in total. The van der Waals surface area contributed by atoms with Crippen LogP contribution < -0.4 is 15.4 Å². The second-order valence-electron chi connectivity index (χ2n) is 10.7. The molecule has 3 heterocycles. The number of amides is 1. The zero-order valence-corrected chi connectivity index (χ0v) is 24.4. The number of aromatic nitrogens is 3. The molecule has 0 spiro atoms. The number of ketones is 1. The average molecular weight is 593 g/mol. The van der Waals surface area contributed by atoms with Crippen LogP contribution in [-0.2, 0) is 17.6 Å². The van der Waals surface area contributed by atoms with Gasteiger partial charge < -0.3 is 20.3 Å². The molecule has 2 aromatic heterocycles. The van der Waals surface area contributed by atoms with Gasteiger partial charge in [-0.15, -0.1) is 5.10 Å². The van der Waals surface area contributed by atoms with Crippen molar-refractivity contribution in [1.29, 1.82) is 0 Å². The van der Waals surface area contributed by atoms with E-state index in [0.29, 0.717) is 54.7 Å². The highest BCUT2D eigenvalue weighted by molar-refractivity contribution is 5.95. The molecule has 6 rings (SSSR count). The number of hydrogen-bond acceptors (Lipinski definition) is 7. The highest BCUT2D eigenvalue weighted by Crippen LogP contribution is 2.29. The fraction of sp³-hybridized carbons (Fsp3) is 0.235. The van der Waals surface area contributed by atoms with Crippen LogP contribution in [0.3, 0.4) is 0 Å². The predicted octanol–water partition coefficient (Wildman–Crippen LogP) is 5.08. The number of piperazine rings is 1. The summed E-state index contributed by atoms with van der Waals surface area (Å²) < 4.78 is 20.7. The topological polar surface area (TPSA) is 101 Å². The molecule has 0 radical (unpaired) electrons. The van der Waals surface area contributed by atoms with Crippen LogP contribution in [0.4, 0.5) is 16.0 Å². The summed E-state index contributed by atoms with van der Waals surface area (Å²) in [6, 6.07) is 23.1. The number of Topliss-reactive ketones (excluding diaryl/α,β-unsaturated/α-hetero) is 1. The molecular weight excluding hydrogens is 559 g/mol. The number of halogens is 1. The van der Waals surface area contributed by atoms with Gasteiger partial charge in [0.2, 0.25) is 5.95 Å². The Hall–Kier alpha value is -5.09. The number of hydrogen-bond donors (Lipinski definition) is 2. The summed E-state index contributed by atoms with van der Waals surface area (Å²) >= 11 is 0. The number of ether oxygens (including phenoxy) is 1. The SMILES string of the molecule is CCOc1cc(C(=O)N2CCNCC2)ccc1Nc1nc2ccc(-c3ccc(CC(=O)Cc4ccc(F)cc4)cc3)cn2n1. The molecule has 1 aliphatic heterocycles. The van der Waals surface area contributed by atoms with E-state index in [1.807, 2.05) is 60.5 Å². The van der Waals surface area contributed by atoms with Crippen LogP contribution in [0.5, 0.6) is 5.75 Å². The molecule has 1 amide bonds. The Morgan fingerprint density at radius 1 is 0.909 bits per heavy atom. The third-order valence-electron chi connectivity index (χ3n) is 7.51. The van der Waals surface area contributed by atoms with Gasteiger partial charge in [-0.05, 0) is 66.1 Å². The molecular formula is C34H33FN6O3. The van der Waals surface area contributed by atoms with Crippen molar-refractivity contribution in [2.45, 2.75) is 19.8 Å². The summed E-state index contributed by atoms with van der Waals surface area (Å²) in [7, 11) is 0. The monoisotopic (exact) mass is 592 g/mol. The number of pyridine rings is 1. The van der Waals surface area contributed by atoms with E-state index < -0.39 is 0 Å². The molecule has 1 saturated heterocycles. The van der Waals surface area contributed by atoms with E-state index in [2.05, 4.69) is 20.7 Å². The van der Waals surface area contributed by atoms with Gasteiger partial charge in [-0.3, -0.25) is 9.59 Å². The first-order valence-corrected chi connectivity index (χ1v) is 14.7. The standard InChI is InChI=1S/C34H33FN6O3/c1-2-44-31-21-26(33(43)40-17-15-36-16-18-40)9-13-30(31)37-34-38-32-14-10-27(22-41(32)39-34)25-7-3-23(4-8-25)19-29(42)20-24-5-11-28(35)12-6-24/h3-14,21-22,36H,2,15-20H2,1H3,(H,37,39). The minimum absolute atomic E-state index is 0.0120. The molecule has 9 nitrogen and oxygen atoms in total. The number of nitrogens with zero attached hydrogens (tertiary/aromatic N) is 4. The van der Waals surface area contributed by atoms with Crippen LogP contribution in [0.1, 0.15) is 28.4 Å². The van der Waals surface area contributed by atoms with Crippen molar-refractivity contribution in [2.24, 2.45) is 0 Å². The molecule has 1 aliphatic rings. The van der Waals surface area contributed by atoms with Crippen LogP contribution >= 0.6 is 0 Å². The summed E-state index contributed by atoms with van der Waals surface area (Å²) in [5.41, 5.74) is 5.57. The van der Waals surface area contributed by atoms with Gasteiger partial charge in [0, 0.05) is 56.3 Å². The minimum atomic E-state index is -0.311. The van der Waals surface area contributed by atoms with Gasteiger partial charge >= 0.3 is 0 Å². The van der Waals surface area contributed by atoms with Gasteiger partial charge in [0.15, 0.2) is 5.65 Å². The van der Waals surface area contributed by atoms with Crippen molar-refractivity contribution in [1.82, 2.24) is 24.8 Å². The van der Waals surface area contributed by atoms with Gasteiger partial charge in [-0.2, -0.15) is 4.98 Å².